The van der Waals surface area contributed by atoms with Crippen molar-refractivity contribution < 1.29 is 8.42 Å². The Morgan fingerprint density at radius 2 is 1.67 bits per heavy atom. The van der Waals surface area contributed by atoms with Gasteiger partial charge in [-0.2, -0.15) is 16.1 Å². The summed E-state index contributed by atoms with van der Waals surface area (Å²) in [5, 5.41) is 0. The van der Waals surface area contributed by atoms with E-state index in [0.29, 0.717) is 19.0 Å². The molecule has 6 heteroatoms. The third kappa shape index (κ3) is 3.63. The van der Waals surface area contributed by atoms with Crippen molar-refractivity contribution in [1.29, 1.82) is 0 Å². The van der Waals surface area contributed by atoms with Crippen molar-refractivity contribution in [3.8, 4) is 0 Å². The van der Waals surface area contributed by atoms with Crippen molar-refractivity contribution in [3.05, 3.63) is 35.4 Å². The average molecular weight is 306 g/mol. The molecule has 0 aliphatic carbocycles. The molecule has 1 aromatic carbocycles. The maximum Gasteiger partial charge on any atom is 0.218 e. The second-order valence-electron chi connectivity index (χ2n) is 4.22. The lowest BCUT2D eigenvalue weighted by Crippen LogP contribution is -2.38. The molecule has 3 nitrogen and oxygen atoms in total. The van der Waals surface area contributed by atoms with Gasteiger partial charge in [0.2, 0.25) is 10.0 Å². The van der Waals surface area contributed by atoms with Crippen molar-refractivity contribution in [2.24, 2.45) is 0 Å². The van der Waals surface area contributed by atoms with Crippen molar-refractivity contribution in [2.75, 3.05) is 24.6 Å². The molecule has 2 rings (SSSR count). The highest BCUT2D eigenvalue weighted by atomic mass is 35.5. The molecule has 0 unspecified atom stereocenters. The average Bonchev–Trinajstić information content (AvgIpc) is 2.40. The molecule has 1 aromatic rings. The number of hydrogen-bond donors (Lipinski definition) is 0. The van der Waals surface area contributed by atoms with Gasteiger partial charge in [-0.25, -0.2) is 8.42 Å². The van der Waals surface area contributed by atoms with Crippen LogP contribution in [0.15, 0.2) is 24.3 Å². The van der Waals surface area contributed by atoms with Crippen molar-refractivity contribution in [2.45, 2.75) is 11.6 Å². The third-order valence-electron chi connectivity index (χ3n) is 2.89. The highest BCUT2D eigenvalue weighted by molar-refractivity contribution is 7.99. The van der Waals surface area contributed by atoms with Crippen molar-refractivity contribution in [3.63, 3.8) is 0 Å². The van der Waals surface area contributed by atoms with Gasteiger partial charge in [0.05, 0.1) is 5.75 Å². The number of benzene rings is 1. The van der Waals surface area contributed by atoms with Crippen LogP contribution in [0, 0.1) is 0 Å². The van der Waals surface area contributed by atoms with Crippen LogP contribution in [0.5, 0.6) is 0 Å². The molecule has 1 fully saturated rings. The van der Waals surface area contributed by atoms with E-state index in [1.165, 1.54) is 0 Å². The summed E-state index contributed by atoms with van der Waals surface area (Å²) in [5.41, 5.74) is 1.83. The van der Waals surface area contributed by atoms with Gasteiger partial charge < -0.3 is 0 Å². The lowest BCUT2D eigenvalue weighted by Gasteiger charge is -2.25. The Hall–Kier alpha value is -0.230. The van der Waals surface area contributed by atoms with Gasteiger partial charge in [-0.1, -0.05) is 24.3 Å². The van der Waals surface area contributed by atoms with Gasteiger partial charge >= 0.3 is 0 Å². The predicted octanol–water partition coefficient (Wildman–Crippen LogP) is 2.30. The fourth-order valence-electron chi connectivity index (χ4n) is 1.85. The molecule has 0 aromatic heterocycles. The number of halogens is 1. The van der Waals surface area contributed by atoms with E-state index < -0.39 is 10.0 Å². The van der Waals surface area contributed by atoms with Gasteiger partial charge in [-0.05, 0) is 11.1 Å². The van der Waals surface area contributed by atoms with Gasteiger partial charge in [0.25, 0.3) is 0 Å². The van der Waals surface area contributed by atoms with Gasteiger partial charge in [0, 0.05) is 30.5 Å². The lowest BCUT2D eigenvalue weighted by atomic mass is 10.2. The minimum atomic E-state index is -3.17. The number of alkyl halides is 1. The zero-order chi connectivity index (χ0) is 13.0. The highest BCUT2D eigenvalue weighted by Gasteiger charge is 2.24. The van der Waals surface area contributed by atoms with Crippen LogP contribution in [0.2, 0.25) is 0 Å². The third-order valence-corrected chi connectivity index (χ3v) is 5.99. The van der Waals surface area contributed by atoms with E-state index in [1.807, 2.05) is 24.3 Å². The molecular formula is C12H16ClNO2S2. The van der Waals surface area contributed by atoms with Crippen LogP contribution >= 0.6 is 23.4 Å². The first-order valence-electron chi connectivity index (χ1n) is 5.81. The van der Waals surface area contributed by atoms with Crippen LogP contribution in [-0.2, 0) is 21.7 Å². The zero-order valence-corrected chi connectivity index (χ0v) is 12.4. The molecule has 0 N–H and O–H groups in total. The molecule has 0 saturated carbocycles. The molecule has 1 saturated heterocycles. The van der Waals surface area contributed by atoms with Crippen LogP contribution in [0.4, 0.5) is 0 Å². The fraction of sp³-hybridized carbons (Fsp3) is 0.500. The van der Waals surface area contributed by atoms with Crippen molar-refractivity contribution in [1.82, 2.24) is 4.31 Å². The molecule has 0 spiro atoms. The molecule has 1 aliphatic rings. The number of hydrogen-bond acceptors (Lipinski definition) is 3. The van der Waals surface area contributed by atoms with Gasteiger partial charge in [-0.15, -0.1) is 11.6 Å². The van der Waals surface area contributed by atoms with Crippen LogP contribution in [0.3, 0.4) is 0 Å². The van der Waals surface area contributed by atoms with Crippen molar-refractivity contribution >= 4 is 33.4 Å². The monoisotopic (exact) mass is 305 g/mol. The summed E-state index contributed by atoms with van der Waals surface area (Å²) in [6, 6.07) is 7.44. The second kappa shape index (κ2) is 6.28. The first-order chi connectivity index (χ1) is 8.62. The van der Waals surface area contributed by atoms with E-state index in [1.54, 1.807) is 16.1 Å². The fourth-order valence-corrected chi connectivity index (χ4v) is 4.70. The molecule has 0 radical (unpaired) electrons. The molecule has 18 heavy (non-hydrogen) atoms. The Kier molecular flexibility index (Phi) is 4.95. The summed E-state index contributed by atoms with van der Waals surface area (Å²) in [6.07, 6.45) is 0. The summed E-state index contributed by atoms with van der Waals surface area (Å²) < 4.78 is 26.0. The predicted molar refractivity (Wildman–Crippen MR) is 77.5 cm³/mol. The van der Waals surface area contributed by atoms with E-state index in [-0.39, 0.29) is 5.75 Å². The lowest BCUT2D eigenvalue weighted by molar-refractivity contribution is 0.443. The van der Waals surface area contributed by atoms with E-state index in [9.17, 15) is 8.42 Å². The van der Waals surface area contributed by atoms with E-state index in [2.05, 4.69) is 0 Å². The van der Waals surface area contributed by atoms with Crippen LogP contribution in [0.1, 0.15) is 11.1 Å². The van der Waals surface area contributed by atoms with Crippen LogP contribution in [-0.4, -0.2) is 37.3 Å². The Bertz CT molecular complexity index is 481. The summed E-state index contributed by atoms with van der Waals surface area (Å²) >= 11 is 7.51. The summed E-state index contributed by atoms with van der Waals surface area (Å²) in [4.78, 5) is 0. The smallest absolute Gasteiger partial charge is 0.212 e. The van der Waals surface area contributed by atoms with Gasteiger partial charge in [0.15, 0.2) is 0 Å². The molecule has 0 atom stereocenters. The zero-order valence-electron chi connectivity index (χ0n) is 10.0. The quantitative estimate of drug-likeness (QED) is 0.801. The molecule has 0 bridgehead atoms. The normalized spacial score (nSPS) is 17.8. The van der Waals surface area contributed by atoms with Crippen LogP contribution in [0.25, 0.3) is 0 Å². The number of rotatable bonds is 4. The maximum absolute atomic E-state index is 12.2. The standard InChI is InChI=1S/C12H16ClNO2S2/c13-9-11-1-3-12(4-2-11)10-18(15,16)14-5-7-17-8-6-14/h1-4H,5-10H2. The van der Waals surface area contributed by atoms with Gasteiger partial charge in [-0.3, -0.25) is 0 Å². The summed E-state index contributed by atoms with van der Waals surface area (Å²) in [5.74, 6) is 2.32. The SMILES string of the molecule is O=S(=O)(Cc1ccc(CCl)cc1)N1CCSCC1. The Morgan fingerprint density at radius 3 is 2.22 bits per heavy atom. The number of nitrogens with zero attached hydrogens (tertiary/aromatic N) is 1. The largest absolute Gasteiger partial charge is 0.218 e. The second-order valence-corrected chi connectivity index (χ2v) is 7.68. The summed E-state index contributed by atoms with van der Waals surface area (Å²) in [6.45, 7) is 1.26. The Balaban J connectivity index is 2.06. The molecule has 100 valence electrons. The molecule has 1 aliphatic heterocycles. The number of sulfonamides is 1. The van der Waals surface area contributed by atoms with Crippen LogP contribution < -0.4 is 0 Å². The summed E-state index contributed by atoms with van der Waals surface area (Å²) in [7, 11) is -3.17. The Labute approximate surface area is 118 Å². The van der Waals surface area contributed by atoms with E-state index >= 15 is 0 Å². The highest BCUT2D eigenvalue weighted by Crippen LogP contribution is 2.17. The maximum atomic E-state index is 12.2. The molecule has 0 amide bonds. The van der Waals surface area contributed by atoms with E-state index in [0.717, 1.165) is 22.6 Å². The number of thioether (sulfide) groups is 1. The van der Waals surface area contributed by atoms with E-state index in [4.69, 9.17) is 11.6 Å². The first kappa shape index (κ1) is 14.2. The minimum absolute atomic E-state index is 0.0836. The first-order valence-corrected chi connectivity index (χ1v) is 9.11. The topological polar surface area (TPSA) is 37.4 Å². The molecular weight excluding hydrogens is 290 g/mol. The Morgan fingerprint density at radius 1 is 1.11 bits per heavy atom. The molecule has 1 heterocycles. The minimum Gasteiger partial charge on any atom is -0.212 e. The van der Waals surface area contributed by atoms with Gasteiger partial charge in [0.1, 0.15) is 0 Å².